The Morgan fingerprint density at radius 2 is 1.83 bits per heavy atom. The lowest BCUT2D eigenvalue weighted by Crippen LogP contribution is -2.17. The third kappa shape index (κ3) is 4.58. The molecule has 0 saturated carbocycles. The lowest BCUT2D eigenvalue weighted by molar-refractivity contribution is -0.115. The first-order chi connectivity index (χ1) is 14.5. The molecule has 30 heavy (non-hydrogen) atoms. The van der Waals surface area contributed by atoms with Crippen LogP contribution in [0.5, 0.6) is 0 Å². The number of hydrogen-bond acceptors (Lipinski definition) is 6. The number of rotatable bonds is 6. The number of oxazole rings is 1. The zero-order valence-electron chi connectivity index (χ0n) is 16.2. The van der Waals surface area contributed by atoms with Gasteiger partial charge in [-0.2, -0.15) is 0 Å². The molecule has 1 aliphatic heterocycles. The molecular formula is C23H18N2O4S. The van der Waals surface area contributed by atoms with E-state index in [4.69, 9.17) is 4.42 Å². The molecule has 4 rings (SSSR count). The van der Waals surface area contributed by atoms with Gasteiger partial charge in [-0.05, 0) is 42.5 Å². The maximum absolute atomic E-state index is 12.5. The number of hydrogen-bond donors (Lipinski definition) is 1. The highest BCUT2D eigenvalue weighted by Gasteiger charge is 2.24. The molecule has 6 nitrogen and oxygen atoms in total. The van der Waals surface area contributed by atoms with E-state index in [-0.39, 0.29) is 11.0 Å². The summed E-state index contributed by atoms with van der Waals surface area (Å²) in [5.41, 5.74) is 4.13. The molecule has 0 unspecified atom stereocenters. The Labute approximate surface area is 177 Å². The Morgan fingerprint density at radius 1 is 1.10 bits per heavy atom. The molecule has 1 aromatic heterocycles. The third-order valence-electron chi connectivity index (χ3n) is 4.63. The minimum absolute atomic E-state index is 0.00255. The van der Waals surface area contributed by atoms with Gasteiger partial charge in [0, 0.05) is 24.0 Å². The van der Waals surface area contributed by atoms with Gasteiger partial charge in [0.25, 0.3) is 11.1 Å². The van der Waals surface area contributed by atoms with Gasteiger partial charge in [0.15, 0.2) is 5.78 Å². The van der Waals surface area contributed by atoms with Gasteiger partial charge in [-0.3, -0.25) is 19.7 Å². The highest BCUT2D eigenvalue weighted by molar-refractivity contribution is 8.18. The van der Waals surface area contributed by atoms with Gasteiger partial charge in [-0.25, -0.2) is 4.98 Å². The number of aromatic nitrogens is 1. The van der Waals surface area contributed by atoms with E-state index in [9.17, 15) is 14.4 Å². The summed E-state index contributed by atoms with van der Waals surface area (Å²) in [5, 5.41) is 1.83. The summed E-state index contributed by atoms with van der Waals surface area (Å²) in [6, 6.07) is 14.8. The largest absolute Gasteiger partial charge is 0.444 e. The number of carbonyl (C=O) groups excluding carboxylic acids is 3. The fourth-order valence-electron chi connectivity index (χ4n) is 2.97. The second-order valence-electron chi connectivity index (χ2n) is 6.91. The number of benzene rings is 2. The fraction of sp³-hybridized carbons (Fsp3) is 0.130. The lowest BCUT2D eigenvalue weighted by Gasteiger charge is -2.01. The molecule has 0 aliphatic carbocycles. The van der Waals surface area contributed by atoms with Crippen molar-refractivity contribution in [1.29, 1.82) is 0 Å². The third-order valence-corrected chi connectivity index (χ3v) is 5.44. The number of carbonyl (C=O) groups is 3. The maximum Gasteiger partial charge on any atom is 0.290 e. The predicted octanol–water partition coefficient (Wildman–Crippen LogP) is 4.79. The van der Waals surface area contributed by atoms with E-state index < -0.39 is 5.91 Å². The van der Waals surface area contributed by atoms with Crippen molar-refractivity contribution in [2.75, 3.05) is 0 Å². The average Bonchev–Trinajstić information content (AvgIpc) is 3.33. The zero-order valence-corrected chi connectivity index (χ0v) is 17.0. The van der Waals surface area contributed by atoms with Crippen LogP contribution < -0.4 is 5.32 Å². The van der Waals surface area contributed by atoms with Crippen LogP contribution in [-0.4, -0.2) is 21.9 Å². The van der Waals surface area contributed by atoms with E-state index in [1.54, 1.807) is 36.6 Å². The number of aryl methyl sites for hydroxylation is 2. The summed E-state index contributed by atoms with van der Waals surface area (Å²) >= 11 is 0.864. The van der Waals surface area contributed by atoms with Crippen molar-refractivity contribution < 1.29 is 18.8 Å². The van der Waals surface area contributed by atoms with Crippen LogP contribution in [0.25, 0.3) is 17.5 Å². The van der Waals surface area contributed by atoms with Gasteiger partial charge in [0.1, 0.15) is 6.26 Å². The maximum atomic E-state index is 12.5. The summed E-state index contributed by atoms with van der Waals surface area (Å²) in [6.45, 7) is 2.02. The van der Waals surface area contributed by atoms with Crippen molar-refractivity contribution in [3.63, 3.8) is 0 Å². The van der Waals surface area contributed by atoms with Crippen molar-refractivity contribution in [2.24, 2.45) is 0 Å². The second-order valence-corrected chi connectivity index (χ2v) is 7.92. The van der Waals surface area contributed by atoms with E-state index in [1.807, 2.05) is 31.2 Å². The van der Waals surface area contributed by atoms with Gasteiger partial charge in [-0.15, -0.1) is 0 Å². The Bertz CT molecular complexity index is 1140. The molecule has 0 bridgehead atoms. The molecule has 150 valence electrons. The Kier molecular flexibility index (Phi) is 5.63. The highest BCUT2D eigenvalue weighted by Crippen LogP contribution is 2.25. The number of nitrogens with one attached hydrogen (secondary N) is 1. The average molecular weight is 418 g/mol. The SMILES string of the molecule is Cc1ccc(-c2nc(CCC(=O)c3ccc(/C=C4\SC(=O)NC4=O)cc3)co2)cc1. The predicted molar refractivity (Wildman–Crippen MR) is 115 cm³/mol. The minimum Gasteiger partial charge on any atom is -0.444 e. The summed E-state index contributed by atoms with van der Waals surface area (Å²) in [5.74, 6) is 0.141. The lowest BCUT2D eigenvalue weighted by atomic mass is 10.0. The zero-order chi connectivity index (χ0) is 21.1. The standard InChI is InChI=1S/C23H18N2O4S/c1-14-2-6-17(7-3-14)22-24-18(13-29-22)10-11-19(26)16-8-4-15(5-9-16)12-20-21(27)25-23(28)30-20/h2-9,12-13H,10-11H2,1H3,(H,25,27,28)/b20-12-. The van der Waals surface area contributed by atoms with Crippen LogP contribution in [-0.2, 0) is 11.2 Å². The minimum atomic E-state index is -0.400. The Morgan fingerprint density at radius 3 is 2.50 bits per heavy atom. The van der Waals surface area contributed by atoms with Gasteiger partial charge in [0.05, 0.1) is 10.6 Å². The molecule has 0 spiro atoms. The van der Waals surface area contributed by atoms with Gasteiger partial charge >= 0.3 is 0 Å². The number of nitrogens with zero attached hydrogens (tertiary/aromatic N) is 1. The van der Waals surface area contributed by atoms with E-state index >= 15 is 0 Å². The first-order valence-electron chi connectivity index (χ1n) is 9.37. The van der Waals surface area contributed by atoms with Crippen LogP contribution >= 0.6 is 11.8 Å². The summed E-state index contributed by atoms with van der Waals surface area (Å²) in [7, 11) is 0. The molecule has 1 saturated heterocycles. The molecule has 1 fully saturated rings. The summed E-state index contributed by atoms with van der Waals surface area (Å²) < 4.78 is 5.54. The van der Waals surface area contributed by atoms with Crippen LogP contribution in [0.4, 0.5) is 4.79 Å². The van der Waals surface area contributed by atoms with Crippen molar-refractivity contribution in [1.82, 2.24) is 10.3 Å². The second kappa shape index (κ2) is 8.51. The number of amides is 2. The van der Waals surface area contributed by atoms with Crippen LogP contribution in [0, 0.1) is 6.92 Å². The van der Waals surface area contributed by atoms with Gasteiger partial charge in [0.2, 0.25) is 5.89 Å². The number of Topliss-reactive ketones (excluding diaryl/α,β-unsaturated/α-hetero) is 1. The summed E-state index contributed by atoms with van der Waals surface area (Å²) in [6.07, 6.45) is 4.01. The quantitative estimate of drug-likeness (QED) is 0.457. The van der Waals surface area contributed by atoms with Crippen molar-refractivity contribution >= 4 is 34.8 Å². The molecule has 1 N–H and O–H groups in total. The summed E-state index contributed by atoms with van der Waals surface area (Å²) in [4.78, 5) is 40.1. The molecule has 0 radical (unpaired) electrons. The van der Waals surface area contributed by atoms with Crippen molar-refractivity contribution in [2.45, 2.75) is 19.8 Å². The smallest absolute Gasteiger partial charge is 0.290 e. The first kappa shape index (κ1) is 19.8. The molecule has 7 heteroatoms. The molecule has 3 aromatic rings. The number of ketones is 1. The molecule has 1 aliphatic rings. The van der Waals surface area contributed by atoms with Crippen LogP contribution in [0.1, 0.15) is 33.6 Å². The fourth-order valence-corrected chi connectivity index (χ4v) is 3.66. The molecule has 2 aromatic carbocycles. The van der Waals surface area contributed by atoms with Crippen LogP contribution in [0.2, 0.25) is 0 Å². The van der Waals surface area contributed by atoms with E-state index in [0.29, 0.717) is 29.2 Å². The topological polar surface area (TPSA) is 89.3 Å². The normalized spacial score (nSPS) is 14.9. The number of imide groups is 1. The molecule has 2 amide bonds. The Balaban J connectivity index is 1.36. The monoisotopic (exact) mass is 418 g/mol. The van der Waals surface area contributed by atoms with Crippen molar-refractivity contribution in [3.8, 4) is 11.5 Å². The first-order valence-corrected chi connectivity index (χ1v) is 10.2. The van der Waals surface area contributed by atoms with Crippen LogP contribution in [0.15, 0.2) is 64.1 Å². The molecular weight excluding hydrogens is 400 g/mol. The van der Waals surface area contributed by atoms with Gasteiger partial charge in [-0.1, -0.05) is 42.0 Å². The van der Waals surface area contributed by atoms with Crippen molar-refractivity contribution in [3.05, 3.63) is 82.1 Å². The van der Waals surface area contributed by atoms with E-state index in [0.717, 1.165) is 34.1 Å². The van der Waals surface area contributed by atoms with Gasteiger partial charge < -0.3 is 4.42 Å². The molecule has 2 heterocycles. The Hall–Kier alpha value is -3.45. The highest BCUT2D eigenvalue weighted by atomic mass is 32.2. The number of thioether (sulfide) groups is 1. The van der Waals surface area contributed by atoms with Crippen LogP contribution in [0.3, 0.4) is 0 Å². The van der Waals surface area contributed by atoms with E-state index in [2.05, 4.69) is 10.3 Å². The van der Waals surface area contributed by atoms with E-state index in [1.165, 1.54) is 0 Å². The molecule has 0 atom stereocenters.